The summed E-state index contributed by atoms with van der Waals surface area (Å²) in [6.45, 7) is 2.29. The van der Waals surface area contributed by atoms with Crippen molar-refractivity contribution in [2.24, 2.45) is 5.92 Å². The third-order valence-corrected chi connectivity index (χ3v) is 9.04. The molecule has 7 nitrogen and oxygen atoms in total. The van der Waals surface area contributed by atoms with Crippen LogP contribution in [0.2, 0.25) is 0 Å². The lowest BCUT2D eigenvalue weighted by Crippen LogP contribution is -2.45. The van der Waals surface area contributed by atoms with Crippen LogP contribution in [0.15, 0.2) is 26.9 Å². The number of carbonyl (C=O) groups is 1. The van der Waals surface area contributed by atoms with Crippen LogP contribution in [0.4, 0.5) is 0 Å². The largest absolute Gasteiger partial charge is 0.355 e. The van der Waals surface area contributed by atoms with Crippen LogP contribution in [-0.2, 0) is 14.8 Å². The summed E-state index contributed by atoms with van der Waals surface area (Å²) in [5, 5.41) is 9.03. The number of nitrogens with one attached hydrogen (secondary N) is 1. The second-order valence-electron chi connectivity index (χ2n) is 8.33. The molecule has 0 bridgehead atoms. The van der Waals surface area contributed by atoms with Gasteiger partial charge in [-0.15, -0.1) is 11.3 Å². The predicted molar refractivity (Wildman–Crippen MR) is 121 cm³/mol. The molecule has 2 aromatic heterocycles. The Labute approximate surface area is 187 Å². The molecule has 0 atom stereocenters. The van der Waals surface area contributed by atoms with Crippen molar-refractivity contribution >= 4 is 39.4 Å². The van der Waals surface area contributed by atoms with Gasteiger partial charge in [-0.3, -0.25) is 4.79 Å². The summed E-state index contributed by atoms with van der Waals surface area (Å²) < 4.78 is 33.4. The maximum atomic E-state index is 13.3. The minimum Gasteiger partial charge on any atom is -0.355 e. The highest BCUT2D eigenvalue weighted by Gasteiger charge is 2.36. The lowest BCUT2D eigenvalue weighted by molar-refractivity contribution is -0.127. The summed E-state index contributed by atoms with van der Waals surface area (Å²) in [6.07, 6.45) is 10.2. The number of rotatable bonds is 6. The molecule has 31 heavy (non-hydrogen) atoms. The lowest BCUT2D eigenvalue weighted by atomic mass is 9.93. The molecule has 0 aromatic carbocycles. The molecule has 1 N–H and O–H groups in total. The standard InChI is InChI=1S/C22H29N3O4S2/c1-16-21(20(29-24-16)10-9-19-8-5-15-30-19)31(27,28)25-13-11-17(12-14-25)22(26)23-18-6-3-2-4-7-18/h5,8-10,15,17-18H,2-4,6-7,11-14H2,1H3,(H,23,26)/b10-9+. The fourth-order valence-electron chi connectivity index (χ4n) is 4.40. The van der Waals surface area contributed by atoms with Gasteiger partial charge < -0.3 is 9.84 Å². The van der Waals surface area contributed by atoms with E-state index in [1.54, 1.807) is 24.3 Å². The highest BCUT2D eigenvalue weighted by Crippen LogP contribution is 2.30. The van der Waals surface area contributed by atoms with Crippen LogP contribution in [0.1, 0.15) is 61.3 Å². The Morgan fingerprint density at radius 1 is 1.19 bits per heavy atom. The first kappa shape index (κ1) is 22.2. The number of piperidine rings is 1. The molecule has 2 aromatic rings. The van der Waals surface area contributed by atoms with Gasteiger partial charge in [-0.2, -0.15) is 4.31 Å². The van der Waals surface area contributed by atoms with E-state index in [0.29, 0.717) is 31.6 Å². The van der Waals surface area contributed by atoms with Crippen LogP contribution in [0, 0.1) is 12.8 Å². The average Bonchev–Trinajstić information content (AvgIpc) is 3.42. The second-order valence-corrected chi connectivity index (χ2v) is 11.2. The molecule has 1 amide bonds. The SMILES string of the molecule is Cc1noc(/C=C/c2cccs2)c1S(=O)(=O)N1CCC(C(=O)NC2CCCCC2)CC1. The Kier molecular flexibility index (Phi) is 6.93. The smallest absolute Gasteiger partial charge is 0.248 e. The zero-order chi connectivity index (χ0) is 21.8. The lowest BCUT2D eigenvalue weighted by Gasteiger charge is -2.32. The summed E-state index contributed by atoms with van der Waals surface area (Å²) >= 11 is 1.56. The topological polar surface area (TPSA) is 92.5 Å². The van der Waals surface area contributed by atoms with Crippen molar-refractivity contribution in [2.75, 3.05) is 13.1 Å². The normalized spacial score (nSPS) is 19.8. The third-order valence-electron chi connectivity index (χ3n) is 6.15. The van der Waals surface area contributed by atoms with Crippen LogP contribution >= 0.6 is 11.3 Å². The molecule has 1 aliphatic heterocycles. The van der Waals surface area contributed by atoms with Crippen LogP contribution in [0.25, 0.3) is 12.2 Å². The van der Waals surface area contributed by atoms with Gasteiger partial charge in [-0.05, 0) is 56.2 Å². The van der Waals surface area contributed by atoms with E-state index in [-0.39, 0.29) is 28.5 Å². The maximum absolute atomic E-state index is 13.3. The fourth-order valence-corrected chi connectivity index (χ4v) is 6.73. The van der Waals surface area contributed by atoms with Crippen LogP contribution in [-0.4, -0.2) is 42.9 Å². The molecule has 0 spiro atoms. The van der Waals surface area contributed by atoms with Gasteiger partial charge >= 0.3 is 0 Å². The van der Waals surface area contributed by atoms with Crippen molar-refractivity contribution in [3.63, 3.8) is 0 Å². The highest BCUT2D eigenvalue weighted by molar-refractivity contribution is 7.89. The van der Waals surface area contributed by atoms with E-state index in [1.165, 1.54) is 23.6 Å². The van der Waals surface area contributed by atoms with Crippen LogP contribution in [0.5, 0.6) is 0 Å². The number of carbonyl (C=O) groups excluding carboxylic acids is 1. The number of aryl methyl sites for hydroxylation is 1. The zero-order valence-electron chi connectivity index (χ0n) is 17.7. The Hall–Kier alpha value is -1.97. The van der Waals surface area contributed by atoms with E-state index in [1.807, 2.05) is 23.6 Å². The molecule has 0 unspecified atom stereocenters. The minimum atomic E-state index is -3.75. The number of sulfonamides is 1. The minimum absolute atomic E-state index is 0.0738. The number of hydrogen-bond acceptors (Lipinski definition) is 6. The Morgan fingerprint density at radius 2 is 1.94 bits per heavy atom. The molecule has 2 aliphatic rings. The molecular weight excluding hydrogens is 434 g/mol. The summed E-state index contributed by atoms with van der Waals surface area (Å²) in [5.74, 6) is 0.183. The van der Waals surface area contributed by atoms with Crippen molar-refractivity contribution in [1.29, 1.82) is 0 Å². The van der Waals surface area contributed by atoms with E-state index in [9.17, 15) is 13.2 Å². The third kappa shape index (κ3) is 5.10. The molecule has 2 fully saturated rings. The number of thiophene rings is 1. The molecule has 1 saturated carbocycles. The Bertz CT molecular complexity index is 1010. The van der Waals surface area contributed by atoms with Crippen molar-refractivity contribution < 1.29 is 17.7 Å². The van der Waals surface area contributed by atoms with Crippen molar-refractivity contribution in [2.45, 2.75) is 62.8 Å². The molecule has 9 heteroatoms. The van der Waals surface area contributed by atoms with Gasteiger partial charge in [0, 0.05) is 29.9 Å². The summed E-state index contributed by atoms with van der Waals surface area (Å²) in [5.41, 5.74) is 0.350. The number of amides is 1. The van der Waals surface area contributed by atoms with E-state index >= 15 is 0 Å². The molecule has 4 rings (SSSR count). The fraction of sp³-hybridized carbons (Fsp3) is 0.545. The van der Waals surface area contributed by atoms with E-state index in [2.05, 4.69) is 10.5 Å². The number of hydrogen-bond donors (Lipinski definition) is 1. The first-order chi connectivity index (χ1) is 14.9. The molecular formula is C22H29N3O4S2. The van der Waals surface area contributed by atoms with Gasteiger partial charge in [0.05, 0.1) is 0 Å². The average molecular weight is 464 g/mol. The molecule has 0 radical (unpaired) electrons. The van der Waals surface area contributed by atoms with E-state index < -0.39 is 10.0 Å². The molecule has 3 heterocycles. The molecule has 168 valence electrons. The van der Waals surface area contributed by atoms with Crippen molar-refractivity contribution in [3.05, 3.63) is 33.8 Å². The Balaban J connectivity index is 1.41. The summed E-state index contributed by atoms with van der Waals surface area (Å²) in [6, 6.07) is 4.16. The van der Waals surface area contributed by atoms with E-state index in [4.69, 9.17) is 4.52 Å². The van der Waals surface area contributed by atoms with Gasteiger partial charge in [0.15, 0.2) is 10.7 Å². The van der Waals surface area contributed by atoms with Gasteiger partial charge in [0.25, 0.3) is 0 Å². The first-order valence-corrected chi connectivity index (χ1v) is 13.3. The highest BCUT2D eigenvalue weighted by atomic mass is 32.2. The van der Waals surface area contributed by atoms with Gasteiger partial charge in [0.1, 0.15) is 5.69 Å². The second kappa shape index (κ2) is 9.67. The first-order valence-electron chi connectivity index (χ1n) is 10.9. The summed E-state index contributed by atoms with van der Waals surface area (Å²) in [4.78, 5) is 13.8. The molecule has 1 aliphatic carbocycles. The zero-order valence-corrected chi connectivity index (χ0v) is 19.4. The van der Waals surface area contributed by atoms with Crippen LogP contribution < -0.4 is 5.32 Å². The Morgan fingerprint density at radius 3 is 2.61 bits per heavy atom. The monoisotopic (exact) mass is 463 g/mol. The number of aromatic nitrogens is 1. The van der Waals surface area contributed by atoms with E-state index in [0.717, 1.165) is 17.7 Å². The van der Waals surface area contributed by atoms with Crippen molar-refractivity contribution in [3.8, 4) is 0 Å². The quantitative estimate of drug-likeness (QED) is 0.697. The van der Waals surface area contributed by atoms with Gasteiger partial charge in [0.2, 0.25) is 15.9 Å². The van der Waals surface area contributed by atoms with Gasteiger partial charge in [-0.25, -0.2) is 8.42 Å². The van der Waals surface area contributed by atoms with Gasteiger partial charge in [-0.1, -0.05) is 30.5 Å². The molecule has 1 saturated heterocycles. The van der Waals surface area contributed by atoms with Crippen LogP contribution in [0.3, 0.4) is 0 Å². The maximum Gasteiger partial charge on any atom is 0.248 e. The predicted octanol–water partition coefficient (Wildman–Crippen LogP) is 4.06. The summed E-state index contributed by atoms with van der Waals surface area (Å²) in [7, 11) is -3.75. The van der Waals surface area contributed by atoms with Crippen molar-refractivity contribution in [1.82, 2.24) is 14.8 Å². The number of nitrogens with zero attached hydrogens (tertiary/aromatic N) is 2.